The molecule has 0 atom stereocenters. The van der Waals surface area contributed by atoms with Crippen LogP contribution in [0.3, 0.4) is 0 Å². The molecule has 1 fully saturated rings. The normalized spacial score (nSPS) is 17.2. The van der Waals surface area contributed by atoms with E-state index in [1.54, 1.807) is 0 Å². The lowest BCUT2D eigenvalue weighted by atomic mass is 9.87. The van der Waals surface area contributed by atoms with E-state index in [4.69, 9.17) is 0 Å². The molecule has 0 aliphatic heterocycles. The third-order valence-electron chi connectivity index (χ3n) is 4.23. The van der Waals surface area contributed by atoms with E-state index in [-0.39, 0.29) is 0 Å². The zero-order chi connectivity index (χ0) is 13.2. The van der Waals surface area contributed by atoms with Crippen LogP contribution in [0.15, 0.2) is 16.7 Å². The van der Waals surface area contributed by atoms with Crippen molar-refractivity contribution >= 4 is 27.1 Å². The summed E-state index contributed by atoms with van der Waals surface area (Å²) in [6.45, 7) is 3.13. The van der Waals surface area contributed by atoms with Crippen LogP contribution in [0.2, 0.25) is 0 Å². The summed E-state index contributed by atoms with van der Waals surface area (Å²) in [7, 11) is 0. The number of rotatable bonds is 3. The number of hydrogen-bond donors (Lipinski definition) is 0. The summed E-state index contributed by atoms with van der Waals surface area (Å²) in [6, 6.07) is 4.00. The maximum absolute atomic E-state index is 4.60. The molecule has 1 saturated carbocycles. The average Bonchev–Trinajstić information content (AvgIpc) is 2.73. The van der Waals surface area contributed by atoms with Crippen molar-refractivity contribution in [2.45, 2.75) is 52.0 Å². The Kier molecular flexibility index (Phi) is 3.87. The van der Waals surface area contributed by atoms with E-state index in [1.165, 1.54) is 38.5 Å². The summed E-state index contributed by atoms with van der Waals surface area (Å²) in [4.78, 5) is 9.17. The minimum atomic E-state index is 0.888. The first kappa shape index (κ1) is 13.1. The third kappa shape index (κ3) is 2.83. The van der Waals surface area contributed by atoms with Crippen LogP contribution in [0.4, 0.5) is 0 Å². The van der Waals surface area contributed by atoms with Crippen LogP contribution in [-0.2, 0) is 6.54 Å². The number of halogens is 1. The smallest absolute Gasteiger partial charge is 0.161 e. The number of aromatic nitrogens is 3. The van der Waals surface area contributed by atoms with Gasteiger partial charge in [0.05, 0.1) is 0 Å². The molecular formula is C15H20BrN3. The highest BCUT2D eigenvalue weighted by molar-refractivity contribution is 9.10. The molecule has 2 aromatic rings. The van der Waals surface area contributed by atoms with Gasteiger partial charge >= 0.3 is 0 Å². The van der Waals surface area contributed by atoms with Gasteiger partial charge in [0, 0.05) is 6.54 Å². The second kappa shape index (κ2) is 5.61. The predicted octanol–water partition coefficient (Wildman–Crippen LogP) is 4.47. The molecule has 2 aromatic heterocycles. The van der Waals surface area contributed by atoms with E-state index < -0.39 is 0 Å². The number of pyridine rings is 1. The minimum absolute atomic E-state index is 0.888. The standard InChI is InChI=1S/C15H20BrN3/c1-11-17-13-7-8-14(16)18-15(13)19(11)10-9-12-5-3-2-4-6-12/h7-8,12H,2-6,9-10H2,1H3. The first-order valence-corrected chi connectivity index (χ1v) is 8.03. The molecule has 0 radical (unpaired) electrons. The van der Waals surface area contributed by atoms with Crippen molar-refractivity contribution in [2.24, 2.45) is 5.92 Å². The Bertz CT molecular complexity index is 570. The fourth-order valence-electron chi connectivity index (χ4n) is 3.15. The lowest BCUT2D eigenvalue weighted by Gasteiger charge is -2.21. The summed E-state index contributed by atoms with van der Waals surface area (Å²) in [5.41, 5.74) is 2.02. The van der Waals surface area contributed by atoms with Gasteiger partial charge < -0.3 is 4.57 Å². The maximum atomic E-state index is 4.60. The van der Waals surface area contributed by atoms with Gasteiger partial charge in [-0.15, -0.1) is 0 Å². The molecular weight excluding hydrogens is 302 g/mol. The molecule has 1 aliphatic carbocycles. The molecule has 19 heavy (non-hydrogen) atoms. The van der Waals surface area contributed by atoms with Gasteiger partial charge in [0.25, 0.3) is 0 Å². The maximum Gasteiger partial charge on any atom is 0.161 e. The predicted molar refractivity (Wildman–Crippen MR) is 81.2 cm³/mol. The zero-order valence-electron chi connectivity index (χ0n) is 11.4. The summed E-state index contributed by atoms with van der Waals surface area (Å²) in [6.07, 6.45) is 8.33. The summed E-state index contributed by atoms with van der Waals surface area (Å²) in [5.74, 6) is 1.98. The molecule has 0 amide bonds. The lowest BCUT2D eigenvalue weighted by molar-refractivity contribution is 0.324. The molecule has 0 aromatic carbocycles. The highest BCUT2D eigenvalue weighted by Crippen LogP contribution is 2.27. The van der Waals surface area contributed by atoms with Crippen LogP contribution in [0, 0.1) is 12.8 Å². The van der Waals surface area contributed by atoms with Crippen molar-refractivity contribution in [3.05, 3.63) is 22.6 Å². The lowest BCUT2D eigenvalue weighted by Crippen LogP contribution is -2.11. The highest BCUT2D eigenvalue weighted by atomic mass is 79.9. The zero-order valence-corrected chi connectivity index (χ0v) is 13.0. The Balaban J connectivity index is 1.79. The van der Waals surface area contributed by atoms with Gasteiger partial charge in [-0.25, -0.2) is 9.97 Å². The Morgan fingerprint density at radius 1 is 1.21 bits per heavy atom. The molecule has 0 saturated heterocycles. The third-order valence-corrected chi connectivity index (χ3v) is 4.68. The largest absolute Gasteiger partial charge is 0.313 e. The Labute approximate surface area is 122 Å². The van der Waals surface area contributed by atoms with Crippen LogP contribution in [0.1, 0.15) is 44.3 Å². The van der Waals surface area contributed by atoms with E-state index >= 15 is 0 Å². The molecule has 1 aliphatic rings. The van der Waals surface area contributed by atoms with Crippen molar-refractivity contribution < 1.29 is 0 Å². The highest BCUT2D eigenvalue weighted by Gasteiger charge is 2.15. The van der Waals surface area contributed by atoms with Crippen molar-refractivity contribution in [1.29, 1.82) is 0 Å². The molecule has 0 unspecified atom stereocenters. The van der Waals surface area contributed by atoms with Gasteiger partial charge in [-0.05, 0) is 47.3 Å². The Hall–Kier alpha value is -0.900. The summed E-state index contributed by atoms with van der Waals surface area (Å²) in [5, 5.41) is 0. The quantitative estimate of drug-likeness (QED) is 0.781. The molecule has 0 bridgehead atoms. The van der Waals surface area contributed by atoms with Crippen molar-refractivity contribution in [1.82, 2.24) is 14.5 Å². The Morgan fingerprint density at radius 2 is 2.00 bits per heavy atom. The number of hydrogen-bond acceptors (Lipinski definition) is 2. The van der Waals surface area contributed by atoms with Crippen molar-refractivity contribution in [3.63, 3.8) is 0 Å². The van der Waals surface area contributed by atoms with E-state index in [1.807, 2.05) is 12.1 Å². The molecule has 3 rings (SSSR count). The SMILES string of the molecule is Cc1nc2ccc(Br)nc2n1CCC1CCCCC1. The van der Waals surface area contributed by atoms with Crippen LogP contribution >= 0.6 is 15.9 Å². The molecule has 0 spiro atoms. The summed E-state index contributed by atoms with van der Waals surface area (Å²) < 4.78 is 3.16. The number of nitrogens with zero attached hydrogens (tertiary/aromatic N) is 3. The first-order chi connectivity index (χ1) is 9.24. The fourth-order valence-corrected chi connectivity index (χ4v) is 3.45. The van der Waals surface area contributed by atoms with Crippen LogP contribution in [0.5, 0.6) is 0 Å². The van der Waals surface area contributed by atoms with E-state index in [0.29, 0.717) is 0 Å². The number of fused-ring (bicyclic) bond motifs is 1. The first-order valence-electron chi connectivity index (χ1n) is 7.23. The average molecular weight is 322 g/mol. The molecule has 102 valence electrons. The Morgan fingerprint density at radius 3 is 2.79 bits per heavy atom. The summed E-state index contributed by atoms with van der Waals surface area (Å²) >= 11 is 3.45. The van der Waals surface area contributed by atoms with Crippen LogP contribution in [-0.4, -0.2) is 14.5 Å². The van der Waals surface area contributed by atoms with E-state index in [2.05, 4.69) is 37.4 Å². The number of imidazole rings is 1. The molecule has 2 heterocycles. The van der Waals surface area contributed by atoms with Crippen molar-refractivity contribution in [2.75, 3.05) is 0 Å². The van der Waals surface area contributed by atoms with Gasteiger partial charge in [-0.1, -0.05) is 32.1 Å². The van der Waals surface area contributed by atoms with Gasteiger partial charge in [0.1, 0.15) is 15.9 Å². The van der Waals surface area contributed by atoms with Gasteiger partial charge in [-0.2, -0.15) is 0 Å². The van der Waals surface area contributed by atoms with Gasteiger partial charge in [0.15, 0.2) is 5.65 Å². The second-order valence-electron chi connectivity index (χ2n) is 5.58. The monoisotopic (exact) mass is 321 g/mol. The molecule has 0 N–H and O–H groups in total. The molecule has 4 heteroatoms. The second-order valence-corrected chi connectivity index (χ2v) is 6.39. The van der Waals surface area contributed by atoms with E-state index in [9.17, 15) is 0 Å². The van der Waals surface area contributed by atoms with Crippen molar-refractivity contribution in [3.8, 4) is 0 Å². The number of aryl methyl sites for hydroxylation is 2. The minimum Gasteiger partial charge on any atom is -0.313 e. The van der Waals surface area contributed by atoms with Crippen LogP contribution < -0.4 is 0 Å². The molecule has 3 nitrogen and oxygen atoms in total. The van der Waals surface area contributed by atoms with E-state index in [0.717, 1.165) is 34.1 Å². The van der Waals surface area contributed by atoms with Gasteiger partial charge in [-0.3, -0.25) is 0 Å². The van der Waals surface area contributed by atoms with Crippen LogP contribution in [0.25, 0.3) is 11.2 Å². The van der Waals surface area contributed by atoms with Gasteiger partial charge in [0.2, 0.25) is 0 Å². The topological polar surface area (TPSA) is 30.7 Å². The fraction of sp³-hybridized carbons (Fsp3) is 0.600.